The van der Waals surface area contributed by atoms with E-state index in [4.69, 9.17) is 0 Å². The topological polar surface area (TPSA) is 31.9 Å². The number of hydrogen-bond acceptors (Lipinski definition) is 2. The van der Waals surface area contributed by atoms with E-state index in [-0.39, 0.29) is 0 Å². The molecule has 0 spiro atoms. The summed E-state index contributed by atoms with van der Waals surface area (Å²) >= 11 is 0. The zero-order valence-corrected chi connectivity index (χ0v) is 14.9. The van der Waals surface area contributed by atoms with E-state index >= 15 is 0 Å². The van der Waals surface area contributed by atoms with Crippen LogP contribution in [-0.2, 0) is 0 Å². The minimum absolute atomic E-state index is 0.356. The predicted molar refractivity (Wildman–Crippen MR) is 96.6 cm³/mol. The van der Waals surface area contributed by atoms with Gasteiger partial charge in [0.1, 0.15) is 0 Å². The van der Waals surface area contributed by atoms with Crippen LogP contribution in [0.4, 0.5) is 0 Å². The lowest BCUT2D eigenvalue weighted by atomic mass is 9.88. The summed E-state index contributed by atoms with van der Waals surface area (Å²) in [5.74, 6) is 0.559. The van der Waals surface area contributed by atoms with Gasteiger partial charge in [-0.15, -0.1) is 0 Å². The summed E-state index contributed by atoms with van der Waals surface area (Å²) in [6, 6.07) is 8.73. The minimum atomic E-state index is 0.356. The highest BCUT2D eigenvalue weighted by Gasteiger charge is 2.27. The van der Waals surface area contributed by atoms with E-state index in [2.05, 4.69) is 67.1 Å². The van der Waals surface area contributed by atoms with Gasteiger partial charge in [-0.1, -0.05) is 50.6 Å². The van der Waals surface area contributed by atoms with Crippen LogP contribution in [0.5, 0.6) is 0 Å². The van der Waals surface area contributed by atoms with Crippen molar-refractivity contribution < 1.29 is 0 Å². The molecule has 23 heavy (non-hydrogen) atoms. The number of aromatic nitrogens is 2. The van der Waals surface area contributed by atoms with E-state index in [1.54, 1.807) is 0 Å². The Morgan fingerprint density at radius 3 is 2.87 bits per heavy atom. The molecule has 1 saturated heterocycles. The van der Waals surface area contributed by atoms with Crippen LogP contribution in [0.1, 0.15) is 50.8 Å². The number of aryl methyl sites for hydroxylation is 1. The van der Waals surface area contributed by atoms with Crippen LogP contribution >= 0.6 is 0 Å². The van der Waals surface area contributed by atoms with Crippen molar-refractivity contribution in [2.45, 2.75) is 46.5 Å². The molecule has 1 aromatic heterocycles. The van der Waals surface area contributed by atoms with Crippen LogP contribution in [-0.4, -0.2) is 34.7 Å². The van der Waals surface area contributed by atoms with Crippen molar-refractivity contribution in [1.82, 2.24) is 15.1 Å². The Labute approximate surface area is 140 Å². The molecular weight excluding hydrogens is 282 g/mol. The molecule has 0 unspecified atom stereocenters. The Morgan fingerprint density at radius 1 is 1.30 bits per heavy atom. The van der Waals surface area contributed by atoms with E-state index in [1.165, 1.54) is 41.8 Å². The SMILES string of the molecule is Cc1cccc(-c2cn[nH]c2[C@@H]2CCCN(CC(C)(C)C)C2)c1. The maximum absolute atomic E-state index is 4.36. The second-order valence-electron chi connectivity index (χ2n) is 8.20. The number of hydrogen-bond donors (Lipinski definition) is 1. The summed E-state index contributed by atoms with van der Waals surface area (Å²) in [5.41, 5.74) is 5.52. The van der Waals surface area contributed by atoms with Gasteiger partial charge in [0.2, 0.25) is 0 Å². The molecule has 1 aromatic carbocycles. The van der Waals surface area contributed by atoms with Gasteiger partial charge in [-0.2, -0.15) is 5.10 Å². The molecule has 0 amide bonds. The third kappa shape index (κ3) is 4.03. The van der Waals surface area contributed by atoms with Crippen molar-refractivity contribution >= 4 is 0 Å². The van der Waals surface area contributed by atoms with E-state index in [9.17, 15) is 0 Å². The first-order chi connectivity index (χ1) is 10.9. The number of piperidine rings is 1. The quantitative estimate of drug-likeness (QED) is 0.897. The second kappa shape index (κ2) is 6.48. The number of aromatic amines is 1. The molecule has 1 fully saturated rings. The monoisotopic (exact) mass is 311 g/mol. The lowest BCUT2D eigenvalue weighted by Crippen LogP contribution is -2.39. The lowest BCUT2D eigenvalue weighted by molar-refractivity contribution is 0.150. The van der Waals surface area contributed by atoms with Crippen LogP contribution in [0.3, 0.4) is 0 Å². The maximum Gasteiger partial charge on any atom is 0.0568 e. The van der Waals surface area contributed by atoms with Gasteiger partial charge < -0.3 is 4.90 Å². The van der Waals surface area contributed by atoms with Crippen molar-refractivity contribution in [3.8, 4) is 11.1 Å². The van der Waals surface area contributed by atoms with Gasteiger partial charge in [-0.3, -0.25) is 5.10 Å². The average molecular weight is 311 g/mol. The number of benzene rings is 1. The smallest absolute Gasteiger partial charge is 0.0568 e. The Hall–Kier alpha value is -1.61. The predicted octanol–water partition coefficient (Wildman–Crippen LogP) is 4.61. The number of H-pyrrole nitrogens is 1. The fraction of sp³-hybridized carbons (Fsp3) is 0.550. The van der Waals surface area contributed by atoms with Crippen molar-refractivity contribution in [1.29, 1.82) is 0 Å². The minimum Gasteiger partial charge on any atom is -0.302 e. The molecular formula is C20H29N3. The molecule has 0 saturated carbocycles. The third-order valence-electron chi connectivity index (χ3n) is 4.61. The van der Waals surface area contributed by atoms with Gasteiger partial charge in [0.15, 0.2) is 0 Å². The number of rotatable bonds is 3. The Morgan fingerprint density at radius 2 is 2.13 bits per heavy atom. The van der Waals surface area contributed by atoms with E-state index in [1.807, 2.05) is 6.20 Å². The van der Waals surface area contributed by atoms with Crippen LogP contribution in [0.2, 0.25) is 0 Å². The first-order valence-corrected chi connectivity index (χ1v) is 8.75. The van der Waals surface area contributed by atoms with Crippen molar-refractivity contribution in [3.63, 3.8) is 0 Å². The molecule has 1 atom stereocenters. The zero-order valence-electron chi connectivity index (χ0n) is 14.9. The third-order valence-corrected chi connectivity index (χ3v) is 4.61. The van der Waals surface area contributed by atoms with Gasteiger partial charge in [-0.25, -0.2) is 0 Å². The molecule has 2 heterocycles. The van der Waals surface area contributed by atoms with E-state index in [0.29, 0.717) is 11.3 Å². The summed E-state index contributed by atoms with van der Waals surface area (Å²) in [4.78, 5) is 2.62. The Kier molecular flexibility index (Phi) is 4.58. The molecule has 0 radical (unpaired) electrons. The van der Waals surface area contributed by atoms with Gasteiger partial charge in [-0.05, 0) is 37.3 Å². The second-order valence-corrected chi connectivity index (χ2v) is 8.20. The molecule has 0 bridgehead atoms. The van der Waals surface area contributed by atoms with Gasteiger partial charge in [0, 0.05) is 30.3 Å². The van der Waals surface area contributed by atoms with Crippen LogP contribution in [0.15, 0.2) is 30.5 Å². The first-order valence-electron chi connectivity index (χ1n) is 8.75. The van der Waals surface area contributed by atoms with E-state index in [0.717, 1.165) is 13.1 Å². The number of likely N-dealkylation sites (tertiary alicyclic amines) is 1. The standard InChI is InChI=1S/C20H29N3/c1-15-7-5-8-16(11-15)18-12-21-22-19(18)17-9-6-10-23(13-17)14-20(2,3)4/h5,7-8,11-12,17H,6,9-10,13-14H2,1-4H3,(H,21,22)/t17-/m1/s1. The number of nitrogens with zero attached hydrogens (tertiary/aromatic N) is 2. The molecule has 2 aromatic rings. The molecule has 1 aliphatic heterocycles. The van der Waals surface area contributed by atoms with Crippen LogP contribution < -0.4 is 0 Å². The van der Waals surface area contributed by atoms with Gasteiger partial charge in [0.05, 0.1) is 6.20 Å². The summed E-state index contributed by atoms with van der Waals surface area (Å²) in [7, 11) is 0. The Balaban J connectivity index is 1.81. The largest absolute Gasteiger partial charge is 0.302 e. The molecule has 1 N–H and O–H groups in total. The van der Waals surface area contributed by atoms with Crippen LogP contribution in [0.25, 0.3) is 11.1 Å². The highest BCUT2D eigenvalue weighted by Crippen LogP contribution is 2.34. The molecule has 3 nitrogen and oxygen atoms in total. The van der Waals surface area contributed by atoms with Crippen LogP contribution in [0, 0.1) is 12.3 Å². The normalized spacial score (nSPS) is 19.9. The molecule has 3 rings (SSSR count). The van der Waals surface area contributed by atoms with Crippen molar-refractivity contribution in [3.05, 3.63) is 41.7 Å². The average Bonchev–Trinajstić information content (AvgIpc) is 2.95. The summed E-state index contributed by atoms with van der Waals surface area (Å²) in [6.45, 7) is 12.6. The van der Waals surface area contributed by atoms with Gasteiger partial charge in [0.25, 0.3) is 0 Å². The highest BCUT2D eigenvalue weighted by molar-refractivity contribution is 5.66. The molecule has 0 aliphatic carbocycles. The Bertz CT molecular complexity index is 651. The van der Waals surface area contributed by atoms with Gasteiger partial charge >= 0.3 is 0 Å². The molecule has 124 valence electrons. The first kappa shape index (κ1) is 16.3. The number of nitrogens with one attached hydrogen (secondary N) is 1. The molecule has 3 heteroatoms. The summed E-state index contributed by atoms with van der Waals surface area (Å²) in [6.07, 6.45) is 4.52. The van der Waals surface area contributed by atoms with Crippen molar-refractivity contribution in [2.75, 3.05) is 19.6 Å². The van der Waals surface area contributed by atoms with Crippen molar-refractivity contribution in [2.24, 2.45) is 5.41 Å². The van der Waals surface area contributed by atoms with E-state index < -0.39 is 0 Å². The lowest BCUT2D eigenvalue weighted by Gasteiger charge is -2.36. The zero-order chi connectivity index (χ0) is 16.4. The summed E-state index contributed by atoms with van der Waals surface area (Å²) < 4.78 is 0. The fourth-order valence-electron chi connectivity index (χ4n) is 3.76. The maximum atomic E-state index is 4.36. The summed E-state index contributed by atoms with van der Waals surface area (Å²) in [5, 5.41) is 7.66. The fourth-order valence-corrected chi connectivity index (χ4v) is 3.76. The highest BCUT2D eigenvalue weighted by atomic mass is 15.2. The molecule has 1 aliphatic rings.